The van der Waals surface area contributed by atoms with Crippen LogP contribution in [-0.2, 0) is 9.53 Å². The highest BCUT2D eigenvalue weighted by Gasteiger charge is 2.21. The normalized spacial score (nSPS) is 18.1. The number of aliphatic carboxylic acids is 1. The van der Waals surface area contributed by atoms with Gasteiger partial charge in [0.05, 0.1) is 0 Å². The van der Waals surface area contributed by atoms with E-state index in [0.717, 1.165) is 25.7 Å². The van der Waals surface area contributed by atoms with E-state index in [-0.39, 0.29) is 6.04 Å². The third-order valence-electron chi connectivity index (χ3n) is 3.01. The third kappa shape index (κ3) is 5.35. The molecule has 6 nitrogen and oxygen atoms in total. The second-order valence-electron chi connectivity index (χ2n) is 4.54. The molecule has 0 spiro atoms. The fourth-order valence-corrected chi connectivity index (χ4v) is 1.89. The second kappa shape index (κ2) is 7.92. The van der Waals surface area contributed by atoms with Crippen LogP contribution in [0, 0.1) is 0 Å². The molecule has 0 radical (unpaired) electrons. The summed E-state index contributed by atoms with van der Waals surface area (Å²) in [5.74, 6) is -0.981. The molecule has 6 heteroatoms. The number of rotatable bonds is 6. The Kier molecular flexibility index (Phi) is 6.49. The average Bonchev–Trinajstić information content (AvgIpc) is 2.35. The van der Waals surface area contributed by atoms with Gasteiger partial charge < -0.3 is 20.5 Å². The monoisotopic (exact) mass is 258 g/mol. The third-order valence-corrected chi connectivity index (χ3v) is 3.01. The summed E-state index contributed by atoms with van der Waals surface area (Å²) >= 11 is 0. The fourth-order valence-electron chi connectivity index (χ4n) is 1.89. The Morgan fingerprint density at radius 2 is 2.06 bits per heavy atom. The fraction of sp³-hybridized carbons (Fsp3) is 0.833. The smallest absolute Gasteiger partial charge is 0.326 e. The van der Waals surface area contributed by atoms with Crippen molar-refractivity contribution < 1.29 is 19.4 Å². The van der Waals surface area contributed by atoms with Crippen molar-refractivity contribution in [3.63, 3.8) is 0 Å². The predicted octanol–water partition coefficient (Wildman–Crippen LogP) is 1.11. The first-order chi connectivity index (χ1) is 8.63. The van der Waals surface area contributed by atoms with Crippen LogP contribution in [0.4, 0.5) is 4.79 Å². The number of carboxylic acid groups (broad SMARTS) is 1. The maximum absolute atomic E-state index is 11.7. The van der Waals surface area contributed by atoms with Gasteiger partial charge in [0.15, 0.2) is 0 Å². The van der Waals surface area contributed by atoms with Crippen molar-refractivity contribution in [2.75, 3.05) is 13.2 Å². The molecule has 1 unspecified atom stereocenters. The minimum absolute atomic E-state index is 0.0828. The number of carbonyl (C=O) groups excluding carboxylic acids is 1. The van der Waals surface area contributed by atoms with E-state index in [4.69, 9.17) is 9.84 Å². The maximum Gasteiger partial charge on any atom is 0.326 e. The summed E-state index contributed by atoms with van der Waals surface area (Å²) in [5, 5.41) is 14.3. The summed E-state index contributed by atoms with van der Waals surface area (Å²) in [7, 11) is 0. The molecule has 2 amide bonds. The van der Waals surface area contributed by atoms with E-state index in [1.165, 1.54) is 0 Å². The molecular weight excluding hydrogens is 236 g/mol. The van der Waals surface area contributed by atoms with E-state index in [1.54, 1.807) is 0 Å². The number of ether oxygens (including phenoxy) is 1. The zero-order valence-corrected chi connectivity index (χ0v) is 10.8. The Labute approximate surface area is 107 Å². The van der Waals surface area contributed by atoms with Crippen LogP contribution in [0.15, 0.2) is 0 Å². The van der Waals surface area contributed by atoms with Crippen LogP contribution in [0.5, 0.6) is 0 Å². The first-order valence-electron chi connectivity index (χ1n) is 6.51. The van der Waals surface area contributed by atoms with Crippen molar-refractivity contribution in [2.45, 2.75) is 51.1 Å². The van der Waals surface area contributed by atoms with Gasteiger partial charge in [-0.3, -0.25) is 0 Å². The average molecular weight is 258 g/mol. The molecule has 1 fully saturated rings. The molecule has 18 heavy (non-hydrogen) atoms. The van der Waals surface area contributed by atoms with Crippen LogP contribution in [-0.4, -0.2) is 42.4 Å². The summed E-state index contributed by atoms with van der Waals surface area (Å²) in [6, 6.07) is -1.12. The number of amides is 2. The number of urea groups is 1. The van der Waals surface area contributed by atoms with Gasteiger partial charge in [-0.1, -0.05) is 19.8 Å². The summed E-state index contributed by atoms with van der Waals surface area (Å²) in [6.45, 7) is 3.27. The molecule has 0 bridgehead atoms. The Morgan fingerprint density at radius 3 is 2.61 bits per heavy atom. The van der Waals surface area contributed by atoms with Gasteiger partial charge in [0, 0.05) is 19.3 Å². The van der Waals surface area contributed by atoms with Gasteiger partial charge in [-0.15, -0.1) is 0 Å². The van der Waals surface area contributed by atoms with E-state index >= 15 is 0 Å². The number of carboxylic acids is 1. The molecule has 1 saturated heterocycles. The van der Waals surface area contributed by atoms with Gasteiger partial charge in [0.2, 0.25) is 0 Å². The van der Waals surface area contributed by atoms with Crippen molar-refractivity contribution in [3.8, 4) is 0 Å². The molecule has 0 saturated carbocycles. The van der Waals surface area contributed by atoms with Crippen molar-refractivity contribution in [1.82, 2.24) is 10.6 Å². The van der Waals surface area contributed by atoms with Crippen LogP contribution in [0.2, 0.25) is 0 Å². The van der Waals surface area contributed by atoms with Gasteiger partial charge in [-0.25, -0.2) is 9.59 Å². The second-order valence-corrected chi connectivity index (χ2v) is 4.54. The minimum Gasteiger partial charge on any atom is -0.480 e. The van der Waals surface area contributed by atoms with E-state index < -0.39 is 18.0 Å². The molecule has 0 aromatic carbocycles. The topological polar surface area (TPSA) is 87.7 Å². The van der Waals surface area contributed by atoms with E-state index in [9.17, 15) is 9.59 Å². The lowest BCUT2D eigenvalue weighted by molar-refractivity contribution is -0.139. The van der Waals surface area contributed by atoms with Crippen LogP contribution in [0.25, 0.3) is 0 Å². The quantitative estimate of drug-likeness (QED) is 0.666. The molecule has 1 atom stereocenters. The molecule has 0 aliphatic carbocycles. The molecule has 1 rings (SSSR count). The summed E-state index contributed by atoms with van der Waals surface area (Å²) in [4.78, 5) is 22.6. The number of carbonyl (C=O) groups is 2. The highest BCUT2D eigenvalue weighted by molar-refractivity contribution is 5.82. The standard InChI is InChI=1S/C12H22N2O4/c1-2-3-4-10(11(15)16)14-12(17)13-9-5-7-18-8-6-9/h9-10H,2-8H2,1H3,(H,15,16)(H2,13,14,17). The maximum atomic E-state index is 11.7. The molecular formula is C12H22N2O4. The largest absolute Gasteiger partial charge is 0.480 e. The number of unbranched alkanes of at least 4 members (excludes halogenated alkanes) is 1. The number of hydrogen-bond acceptors (Lipinski definition) is 3. The zero-order chi connectivity index (χ0) is 13.4. The van der Waals surface area contributed by atoms with Crippen molar-refractivity contribution in [1.29, 1.82) is 0 Å². The predicted molar refractivity (Wildman–Crippen MR) is 66.5 cm³/mol. The summed E-state index contributed by atoms with van der Waals surface area (Å²) in [6.07, 6.45) is 3.72. The first kappa shape index (κ1) is 14.8. The van der Waals surface area contributed by atoms with Gasteiger partial charge in [-0.05, 0) is 19.3 Å². The summed E-state index contributed by atoms with van der Waals surface area (Å²) < 4.78 is 5.19. The van der Waals surface area contributed by atoms with Crippen molar-refractivity contribution in [2.24, 2.45) is 0 Å². The lowest BCUT2D eigenvalue weighted by Crippen LogP contribution is -2.50. The molecule has 0 aromatic heterocycles. The van der Waals surface area contributed by atoms with E-state index in [0.29, 0.717) is 19.6 Å². The number of nitrogens with one attached hydrogen (secondary N) is 2. The van der Waals surface area contributed by atoms with Gasteiger partial charge in [-0.2, -0.15) is 0 Å². The van der Waals surface area contributed by atoms with Crippen LogP contribution in [0.3, 0.4) is 0 Å². The van der Waals surface area contributed by atoms with Crippen molar-refractivity contribution in [3.05, 3.63) is 0 Å². The SMILES string of the molecule is CCCCC(NC(=O)NC1CCOCC1)C(=O)O. The van der Waals surface area contributed by atoms with Gasteiger partial charge in [0.25, 0.3) is 0 Å². The Morgan fingerprint density at radius 1 is 1.39 bits per heavy atom. The molecule has 0 aromatic rings. The van der Waals surface area contributed by atoms with Crippen molar-refractivity contribution >= 4 is 12.0 Å². The Balaban J connectivity index is 2.32. The summed E-state index contributed by atoms with van der Waals surface area (Å²) in [5.41, 5.74) is 0. The molecule has 1 aliphatic rings. The van der Waals surface area contributed by atoms with E-state index in [1.807, 2.05) is 6.92 Å². The zero-order valence-electron chi connectivity index (χ0n) is 10.8. The molecule has 104 valence electrons. The highest BCUT2D eigenvalue weighted by atomic mass is 16.5. The lowest BCUT2D eigenvalue weighted by atomic mass is 10.1. The first-order valence-corrected chi connectivity index (χ1v) is 6.51. The molecule has 1 heterocycles. The lowest BCUT2D eigenvalue weighted by Gasteiger charge is -2.24. The van der Waals surface area contributed by atoms with Gasteiger partial charge >= 0.3 is 12.0 Å². The minimum atomic E-state index is -0.981. The highest BCUT2D eigenvalue weighted by Crippen LogP contribution is 2.06. The molecule has 3 N–H and O–H groups in total. The Bertz CT molecular complexity index is 277. The Hall–Kier alpha value is -1.30. The van der Waals surface area contributed by atoms with E-state index in [2.05, 4.69) is 10.6 Å². The van der Waals surface area contributed by atoms with Crippen LogP contribution < -0.4 is 10.6 Å². The van der Waals surface area contributed by atoms with Gasteiger partial charge in [0.1, 0.15) is 6.04 Å². The van der Waals surface area contributed by atoms with Crippen LogP contribution in [0.1, 0.15) is 39.0 Å². The molecule has 1 aliphatic heterocycles. The number of hydrogen-bond donors (Lipinski definition) is 3. The van der Waals surface area contributed by atoms with Crippen LogP contribution >= 0.6 is 0 Å².